The predicted molar refractivity (Wildman–Crippen MR) is 94.2 cm³/mol. The van der Waals surface area contributed by atoms with E-state index in [1.54, 1.807) is 24.0 Å². The molecule has 0 aliphatic heterocycles. The zero-order chi connectivity index (χ0) is 17.4. The van der Waals surface area contributed by atoms with Gasteiger partial charge in [0.15, 0.2) is 5.82 Å². The standard InChI is InChI=1S/C18H20N6O/c1-23-10-9-19-17(23)15-11-16(24(2)22-15)21-18(25)14-8-7-12-5-3-4-6-13(12)20-14/h7-11H,3-6H2,1-2H3,(H,21,25). The lowest BCUT2D eigenvalue weighted by atomic mass is 9.96. The van der Waals surface area contributed by atoms with Crippen molar-refractivity contribution < 1.29 is 4.79 Å². The van der Waals surface area contributed by atoms with Crippen LogP contribution in [0.25, 0.3) is 11.5 Å². The van der Waals surface area contributed by atoms with Crippen molar-refractivity contribution in [3.05, 3.63) is 47.5 Å². The van der Waals surface area contributed by atoms with Crippen LogP contribution in [-0.2, 0) is 26.9 Å². The van der Waals surface area contributed by atoms with Crippen molar-refractivity contribution in [1.82, 2.24) is 24.3 Å². The summed E-state index contributed by atoms with van der Waals surface area (Å²) in [7, 11) is 3.70. The number of carbonyl (C=O) groups is 1. The summed E-state index contributed by atoms with van der Waals surface area (Å²) < 4.78 is 3.53. The number of pyridine rings is 1. The van der Waals surface area contributed by atoms with E-state index in [0.29, 0.717) is 17.2 Å². The van der Waals surface area contributed by atoms with Crippen LogP contribution in [0.1, 0.15) is 34.6 Å². The number of amides is 1. The largest absolute Gasteiger partial charge is 0.333 e. The normalized spacial score (nSPS) is 13.5. The first-order valence-corrected chi connectivity index (χ1v) is 8.44. The van der Waals surface area contributed by atoms with Gasteiger partial charge < -0.3 is 9.88 Å². The van der Waals surface area contributed by atoms with Crippen LogP contribution in [0, 0.1) is 0 Å². The molecular weight excluding hydrogens is 316 g/mol. The molecule has 0 saturated heterocycles. The molecule has 7 heteroatoms. The van der Waals surface area contributed by atoms with Crippen molar-refractivity contribution in [3.63, 3.8) is 0 Å². The van der Waals surface area contributed by atoms with Gasteiger partial charge in [-0.25, -0.2) is 9.97 Å². The van der Waals surface area contributed by atoms with Gasteiger partial charge >= 0.3 is 0 Å². The second kappa shape index (κ2) is 6.16. The summed E-state index contributed by atoms with van der Waals surface area (Å²) in [5.74, 6) is 1.15. The highest BCUT2D eigenvalue weighted by atomic mass is 16.2. The molecule has 25 heavy (non-hydrogen) atoms. The van der Waals surface area contributed by atoms with Crippen LogP contribution in [-0.4, -0.2) is 30.2 Å². The molecule has 128 valence electrons. The average molecular weight is 336 g/mol. The highest BCUT2D eigenvalue weighted by Crippen LogP contribution is 2.21. The van der Waals surface area contributed by atoms with Crippen LogP contribution in [0.15, 0.2) is 30.6 Å². The maximum atomic E-state index is 12.6. The number of nitrogens with one attached hydrogen (secondary N) is 1. The maximum absolute atomic E-state index is 12.6. The molecule has 1 aliphatic rings. The van der Waals surface area contributed by atoms with Gasteiger partial charge in [0.25, 0.3) is 5.91 Å². The van der Waals surface area contributed by atoms with E-state index in [0.717, 1.165) is 30.8 Å². The number of hydrogen-bond donors (Lipinski definition) is 1. The summed E-state index contributed by atoms with van der Waals surface area (Å²) in [5, 5.41) is 7.33. The quantitative estimate of drug-likeness (QED) is 0.796. The fourth-order valence-electron chi connectivity index (χ4n) is 3.19. The molecule has 0 aromatic carbocycles. The molecule has 0 fully saturated rings. The Bertz CT molecular complexity index is 939. The number of nitrogens with zero attached hydrogens (tertiary/aromatic N) is 5. The first-order valence-electron chi connectivity index (χ1n) is 8.44. The van der Waals surface area contributed by atoms with Gasteiger partial charge in [-0.1, -0.05) is 6.07 Å². The second-order valence-corrected chi connectivity index (χ2v) is 6.36. The topological polar surface area (TPSA) is 77.6 Å². The molecule has 0 saturated carbocycles. The number of anilines is 1. The van der Waals surface area contributed by atoms with Gasteiger partial charge in [0.05, 0.1) is 0 Å². The monoisotopic (exact) mass is 336 g/mol. The minimum Gasteiger partial charge on any atom is -0.333 e. The summed E-state index contributed by atoms with van der Waals surface area (Å²) in [5.41, 5.74) is 3.47. The zero-order valence-electron chi connectivity index (χ0n) is 14.4. The Balaban J connectivity index is 1.57. The molecule has 3 aromatic heterocycles. The second-order valence-electron chi connectivity index (χ2n) is 6.36. The van der Waals surface area contributed by atoms with E-state index >= 15 is 0 Å². The van der Waals surface area contributed by atoms with Gasteiger partial charge in [0, 0.05) is 38.2 Å². The molecule has 0 radical (unpaired) electrons. The van der Waals surface area contributed by atoms with Gasteiger partial charge in [-0.2, -0.15) is 5.10 Å². The number of carbonyl (C=O) groups excluding carboxylic acids is 1. The van der Waals surface area contributed by atoms with Crippen molar-refractivity contribution in [3.8, 4) is 11.5 Å². The number of hydrogen-bond acceptors (Lipinski definition) is 4. The van der Waals surface area contributed by atoms with Crippen LogP contribution in [0.3, 0.4) is 0 Å². The Hall–Kier alpha value is -2.96. The third-order valence-electron chi connectivity index (χ3n) is 4.58. The molecule has 1 aliphatic carbocycles. The minimum atomic E-state index is -0.220. The Labute approximate surface area is 145 Å². The molecule has 7 nitrogen and oxygen atoms in total. The summed E-state index contributed by atoms with van der Waals surface area (Å²) >= 11 is 0. The molecule has 1 amide bonds. The summed E-state index contributed by atoms with van der Waals surface area (Å²) in [4.78, 5) is 21.4. The van der Waals surface area contributed by atoms with Crippen molar-refractivity contribution in [2.75, 3.05) is 5.32 Å². The Morgan fingerprint density at radius 1 is 1.20 bits per heavy atom. The SMILES string of the molecule is Cn1ccnc1-c1cc(NC(=O)c2ccc3c(n2)CCCC3)n(C)n1. The molecule has 1 N–H and O–H groups in total. The number of imidazole rings is 1. The number of aryl methyl sites for hydroxylation is 4. The van der Waals surface area contributed by atoms with E-state index in [1.165, 1.54) is 12.0 Å². The molecular formula is C18H20N6O. The van der Waals surface area contributed by atoms with Gasteiger partial charge in [0.1, 0.15) is 17.2 Å². The molecule has 0 unspecified atom stereocenters. The highest BCUT2D eigenvalue weighted by molar-refractivity contribution is 6.02. The van der Waals surface area contributed by atoms with Crippen molar-refractivity contribution in [2.24, 2.45) is 14.1 Å². The number of rotatable bonds is 3. The van der Waals surface area contributed by atoms with E-state index < -0.39 is 0 Å². The van der Waals surface area contributed by atoms with Crippen molar-refractivity contribution >= 4 is 11.7 Å². The molecule has 3 heterocycles. The Morgan fingerprint density at radius 3 is 2.84 bits per heavy atom. The summed E-state index contributed by atoms with van der Waals surface area (Å²) in [6.07, 6.45) is 7.92. The molecule has 4 rings (SSSR count). The van der Waals surface area contributed by atoms with E-state index in [9.17, 15) is 4.79 Å². The van der Waals surface area contributed by atoms with Crippen LogP contribution in [0.4, 0.5) is 5.82 Å². The summed E-state index contributed by atoms with van der Waals surface area (Å²) in [6, 6.07) is 5.65. The lowest BCUT2D eigenvalue weighted by Crippen LogP contribution is -2.18. The third-order valence-corrected chi connectivity index (χ3v) is 4.58. The summed E-state index contributed by atoms with van der Waals surface area (Å²) in [6.45, 7) is 0. The van der Waals surface area contributed by atoms with Crippen LogP contribution in [0.2, 0.25) is 0 Å². The first kappa shape index (κ1) is 15.6. The van der Waals surface area contributed by atoms with Gasteiger partial charge in [0.2, 0.25) is 0 Å². The first-order chi connectivity index (χ1) is 12.1. The smallest absolute Gasteiger partial charge is 0.275 e. The van der Waals surface area contributed by atoms with Crippen LogP contribution >= 0.6 is 0 Å². The van der Waals surface area contributed by atoms with E-state index in [-0.39, 0.29) is 5.91 Å². The van der Waals surface area contributed by atoms with Crippen molar-refractivity contribution in [2.45, 2.75) is 25.7 Å². The molecule has 0 spiro atoms. The Kier molecular flexibility index (Phi) is 3.83. The van der Waals surface area contributed by atoms with Crippen LogP contribution < -0.4 is 5.32 Å². The lowest BCUT2D eigenvalue weighted by Gasteiger charge is -2.15. The fraction of sp³-hybridized carbons (Fsp3) is 0.333. The fourth-order valence-corrected chi connectivity index (χ4v) is 3.19. The Morgan fingerprint density at radius 2 is 2.04 bits per heavy atom. The van der Waals surface area contributed by atoms with Crippen molar-refractivity contribution in [1.29, 1.82) is 0 Å². The lowest BCUT2D eigenvalue weighted by molar-refractivity contribution is 0.102. The molecule has 0 bridgehead atoms. The average Bonchev–Trinajstić information content (AvgIpc) is 3.20. The minimum absolute atomic E-state index is 0.220. The van der Waals surface area contributed by atoms with Gasteiger partial charge in [-0.3, -0.25) is 9.48 Å². The zero-order valence-corrected chi connectivity index (χ0v) is 14.4. The maximum Gasteiger partial charge on any atom is 0.275 e. The molecule has 0 atom stereocenters. The highest BCUT2D eigenvalue weighted by Gasteiger charge is 2.17. The van der Waals surface area contributed by atoms with E-state index in [1.807, 2.05) is 29.9 Å². The van der Waals surface area contributed by atoms with Gasteiger partial charge in [-0.15, -0.1) is 0 Å². The van der Waals surface area contributed by atoms with Crippen LogP contribution in [0.5, 0.6) is 0 Å². The number of aromatic nitrogens is 5. The van der Waals surface area contributed by atoms with E-state index in [4.69, 9.17) is 0 Å². The number of fused-ring (bicyclic) bond motifs is 1. The third kappa shape index (κ3) is 2.93. The van der Waals surface area contributed by atoms with E-state index in [2.05, 4.69) is 20.4 Å². The van der Waals surface area contributed by atoms with Gasteiger partial charge in [-0.05, 0) is 37.3 Å². The molecule has 3 aromatic rings. The predicted octanol–water partition coefficient (Wildman–Crippen LogP) is 2.35.